The van der Waals surface area contributed by atoms with Crippen LogP contribution in [0.4, 0.5) is 0 Å². The van der Waals surface area contributed by atoms with Crippen molar-refractivity contribution in [2.45, 2.75) is 11.6 Å². The van der Waals surface area contributed by atoms with Crippen molar-refractivity contribution in [2.75, 3.05) is 19.8 Å². The summed E-state index contributed by atoms with van der Waals surface area (Å²) in [6.07, 6.45) is 0. The number of carbonyl (C=O) groups excluding carboxylic acids is 1. The van der Waals surface area contributed by atoms with Crippen molar-refractivity contribution >= 4 is 5.97 Å². The minimum absolute atomic E-state index is 0.484. The van der Waals surface area contributed by atoms with Crippen LogP contribution in [-0.2, 0) is 9.63 Å². The van der Waals surface area contributed by atoms with Gasteiger partial charge >= 0.3 is 5.97 Å². The Labute approximate surface area is 139 Å². The van der Waals surface area contributed by atoms with Gasteiger partial charge < -0.3 is 20.2 Å². The fourth-order valence-electron chi connectivity index (χ4n) is 2.74. The van der Waals surface area contributed by atoms with E-state index in [1.807, 2.05) is 42.5 Å². The highest BCUT2D eigenvalue weighted by molar-refractivity contribution is 5.82. The Balaban J connectivity index is 1.86. The van der Waals surface area contributed by atoms with Gasteiger partial charge in [0.05, 0.1) is 19.8 Å². The molecule has 0 saturated carbocycles. The first kappa shape index (κ1) is 16.6. The minimum atomic E-state index is -1.41. The van der Waals surface area contributed by atoms with Crippen molar-refractivity contribution in [1.29, 1.82) is 0 Å². The number of aliphatic hydroxyl groups is 3. The van der Waals surface area contributed by atoms with Crippen molar-refractivity contribution in [3.63, 3.8) is 0 Å². The fraction of sp³-hybridized carbons (Fsp3) is 0.278. The summed E-state index contributed by atoms with van der Waals surface area (Å²) in [5.74, 6) is -0.484. The number of aliphatic hydroxyl groups excluding tert-OH is 3. The Morgan fingerprint density at radius 1 is 0.875 bits per heavy atom. The van der Waals surface area contributed by atoms with Crippen molar-refractivity contribution in [1.82, 2.24) is 5.06 Å². The lowest BCUT2D eigenvalue weighted by Gasteiger charge is -2.47. The van der Waals surface area contributed by atoms with Crippen LogP contribution in [0, 0.1) is 0 Å². The summed E-state index contributed by atoms with van der Waals surface area (Å²) in [7, 11) is 0. The molecule has 24 heavy (non-hydrogen) atoms. The maximum absolute atomic E-state index is 11.9. The maximum Gasteiger partial charge on any atom is 0.350 e. The second-order valence-corrected chi connectivity index (χ2v) is 5.83. The van der Waals surface area contributed by atoms with E-state index in [1.165, 1.54) is 5.06 Å². The van der Waals surface area contributed by atoms with E-state index < -0.39 is 37.4 Å². The molecule has 0 aromatic heterocycles. The molecule has 0 amide bonds. The van der Waals surface area contributed by atoms with Gasteiger partial charge in [0.1, 0.15) is 5.54 Å². The van der Waals surface area contributed by atoms with Crippen LogP contribution in [0.25, 0.3) is 11.1 Å². The third-order valence-corrected chi connectivity index (χ3v) is 4.33. The second kappa shape index (κ2) is 6.70. The van der Waals surface area contributed by atoms with Gasteiger partial charge in [-0.15, -0.1) is 5.06 Å². The highest BCUT2D eigenvalue weighted by Crippen LogP contribution is 2.38. The quantitative estimate of drug-likeness (QED) is 0.729. The lowest BCUT2D eigenvalue weighted by molar-refractivity contribution is -0.313. The van der Waals surface area contributed by atoms with E-state index in [1.54, 1.807) is 12.1 Å². The van der Waals surface area contributed by atoms with Crippen LogP contribution in [0.5, 0.6) is 0 Å². The number of nitrogens with zero attached hydrogens (tertiary/aromatic N) is 1. The van der Waals surface area contributed by atoms with Gasteiger partial charge in [-0.3, -0.25) is 0 Å². The molecule has 2 aromatic carbocycles. The average Bonchev–Trinajstić information content (AvgIpc) is 2.64. The summed E-state index contributed by atoms with van der Waals surface area (Å²) in [6, 6.07) is 16.5. The molecular formula is C18H19NO5. The van der Waals surface area contributed by atoms with Crippen molar-refractivity contribution < 1.29 is 25.0 Å². The Hall–Kier alpha value is -2.25. The van der Waals surface area contributed by atoms with E-state index in [2.05, 4.69) is 0 Å². The van der Waals surface area contributed by atoms with Crippen LogP contribution < -0.4 is 0 Å². The van der Waals surface area contributed by atoms with Gasteiger partial charge in [-0.05, 0) is 16.7 Å². The Morgan fingerprint density at radius 3 is 1.92 bits per heavy atom. The van der Waals surface area contributed by atoms with Gasteiger partial charge in [-0.2, -0.15) is 0 Å². The zero-order valence-corrected chi connectivity index (χ0v) is 13.0. The highest BCUT2D eigenvalue weighted by atomic mass is 16.8. The van der Waals surface area contributed by atoms with Crippen LogP contribution in [-0.4, -0.2) is 51.7 Å². The maximum atomic E-state index is 11.9. The molecule has 2 aromatic rings. The number of hydroxylamine groups is 2. The molecule has 1 aliphatic rings. The smallest absolute Gasteiger partial charge is 0.350 e. The third kappa shape index (κ3) is 2.70. The molecule has 1 unspecified atom stereocenters. The molecule has 3 N–H and O–H groups in total. The lowest BCUT2D eigenvalue weighted by atomic mass is 9.94. The lowest BCUT2D eigenvalue weighted by Crippen LogP contribution is -2.65. The standard InChI is InChI=1S/C18H19NO5/c20-10-18(11-21,12-22)19-16(17(23)24-19)15-8-6-14(7-9-15)13-4-2-1-3-5-13/h1-9,16,20-22H,10-12H2. The first-order valence-electron chi connectivity index (χ1n) is 7.64. The molecule has 1 aliphatic heterocycles. The second-order valence-electron chi connectivity index (χ2n) is 5.83. The predicted octanol–water partition coefficient (Wildman–Crippen LogP) is 0.884. The average molecular weight is 329 g/mol. The summed E-state index contributed by atoms with van der Waals surface area (Å²) in [6.45, 7) is -1.61. The molecule has 3 rings (SSSR count). The number of benzene rings is 2. The summed E-state index contributed by atoms with van der Waals surface area (Å²) in [5.41, 5.74) is 1.34. The molecule has 0 bridgehead atoms. The SMILES string of the molecule is O=C1ON(C(CO)(CO)CO)C1c1ccc(-c2ccccc2)cc1. The molecule has 6 heteroatoms. The summed E-state index contributed by atoms with van der Waals surface area (Å²) < 4.78 is 0. The van der Waals surface area contributed by atoms with Crippen molar-refractivity contribution in [3.05, 3.63) is 60.2 Å². The molecule has 0 radical (unpaired) electrons. The van der Waals surface area contributed by atoms with E-state index in [0.29, 0.717) is 5.56 Å². The Morgan fingerprint density at radius 2 is 1.42 bits per heavy atom. The third-order valence-electron chi connectivity index (χ3n) is 4.33. The summed E-state index contributed by atoms with van der Waals surface area (Å²) in [5, 5.41) is 29.7. The topological polar surface area (TPSA) is 90.2 Å². The van der Waals surface area contributed by atoms with E-state index in [9.17, 15) is 20.1 Å². The largest absolute Gasteiger partial charge is 0.394 e. The molecule has 1 heterocycles. The van der Waals surface area contributed by atoms with Crippen LogP contribution in [0.15, 0.2) is 54.6 Å². The van der Waals surface area contributed by atoms with E-state index in [4.69, 9.17) is 4.84 Å². The van der Waals surface area contributed by atoms with Gasteiger partial charge in [0.25, 0.3) is 0 Å². The number of hydrogen-bond donors (Lipinski definition) is 3. The molecule has 0 spiro atoms. The van der Waals surface area contributed by atoms with Crippen LogP contribution in [0.2, 0.25) is 0 Å². The summed E-state index contributed by atoms with van der Waals surface area (Å²) in [4.78, 5) is 16.9. The number of rotatable bonds is 6. The number of carbonyl (C=O) groups is 1. The molecule has 1 fully saturated rings. The van der Waals surface area contributed by atoms with Crippen molar-refractivity contribution in [2.24, 2.45) is 0 Å². The fourth-order valence-corrected chi connectivity index (χ4v) is 2.74. The van der Waals surface area contributed by atoms with Gasteiger partial charge in [-0.25, -0.2) is 4.79 Å². The Bertz CT molecular complexity index is 689. The summed E-state index contributed by atoms with van der Waals surface area (Å²) >= 11 is 0. The normalized spacial score (nSPS) is 18.1. The first-order chi connectivity index (χ1) is 11.6. The van der Waals surface area contributed by atoms with Crippen LogP contribution >= 0.6 is 0 Å². The molecular weight excluding hydrogens is 310 g/mol. The first-order valence-corrected chi connectivity index (χ1v) is 7.64. The molecule has 6 nitrogen and oxygen atoms in total. The van der Waals surface area contributed by atoms with Crippen molar-refractivity contribution in [3.8, 4) is 11.1 Å². The Kier molecular flexibility index (Phi) is 4.64. The van der Waals surface area contributed by atoms with Crippen LogP contribution in [0.3, 0.4) is 0 Å². The zero-order chi connectivity index (χ0) is 17.2. The minimum Gasteiger partial charge on any atom is -0.394 e. The van der Waals surface area contributed by atoms with Gasteiger partial charge in [0.15, 0.2) is 6.04 Å². The van der Waals surface area contributed by atoms with Gasteiger partial charge in [0.2, 0.25) is 0 Å². The molecule has 126 valence electrons. The zero-order valence-electron chi connectivity index (χ0n) is 13.0. The van der Waals surface area contributed by atoms with E-state index >= 15 is 0 Å². The monoisotopic (exact) mass is 329 g/mol. The van der Waals surface area contributed by atoms with E-state index in [-0.39, 0.29) is 0 Å². The van der Waals surface area contributed by atoms with Crippen LogP contribution in [0.1, 0.15) is 11.6 Å². The van der Waals surface area contributed by atoms with E-state index in [0.717, 1.165) is 11.1 Å². The molecule has 1 atom stereocenters. The predicted molar refractivity (Wildman–Crippen MR) is 86.5 cm³/mol. The number of hydrogen-bond acceptors (Lipinski definition) is 6. The molecule has 1 saturated heterocycles. The van der Waals surface area contributed by atoms with Gasteiger partial charge in [-0.1, -0.05) is 54.6 Å². The molecule has 0 aliphatic carbocycles. The highest BCUT2D eigenvalue weighted by Gasteiger charge is 2.53. The van der Waals surface area contributed by atoms with Gasteiger partial charge in [0, 0.05) is 0 Å².